The van der Waals surface area contributed by atoms with Crippen LogP contribution in [0.15, 0.2) is 35.3 Å². The molecule has 0 aliphatic rings. The number of aromatic nitrogens is 3. The molecule has 0 aromatic carbocycles. The maximum Gasteiger partial charge on any atom is 0.269 e. The summed E-state index contributed by atoms with van der Waals surface area (Å²) in [6, 6.07) is 7.44. The van der Waals surface area contributed by atoms with Gasteiger partial charge in [-0.3, -0.25) is 9.78 Å². The molecule has 0 aliphatic carbocycles. The van der Waals surface area contributed by atoms with E-state index in [0.717, 1.165) is 10.4 Å². The van der Waals surface area contributed by atoms with Crippen LogP contribution >= 0.6 is 11.3 Å². The lowest BCUT2D eigenvalue weighted by Crippen LogP contribution is -2.07. The Balaban J connectivity index is 0.000000637. The van der Waals surface area contributed by atoms with Gasteiger partial charge in [0.05, 0.1) is 5.52 Å². The highest BCUT2D eigenvalue weighted by Crippen LogP contribution is 2.21. The third-order valence-electron chi connectivity index (χ3n) is 2.41. The first kappa shape index (κ1) is 13.4. The Morgan fingerprint density at radius 2 is 2.05 bits per heavy atom. The summed E-state index contributed by atoms with van der Waals surface area (Å²) in [5.74, 6) is 0.515. The zero-order valence-corrected chi connectivity index (χ0v) is 11.9. The van der Waals surface area contributed by atoms with Crippen LogP contribution in [0.1, 0.15) is 18.7 Å². The van der Waals surface area contributed by atoms with Crippen molar-refractivity contribution >= 4 is 21.6 Å². The lowest BCUT2D eigenvalue weighted by molar-refractivity contribution is 1.15. The van der Waals surface area contributed by atoms with Crippen molar-refractivity contribution < 1.29 is 0 Å². The van der Waals surface area contributed by atoms with Gasteiger partial charge in [-0.1, -0.05) is 19.9 Å². The molecule has 0 atom stereocenters. The highest BCUT2D eigenvalue weighted by molar-refractivity contribution is 7.18. The number of thiophene rings is 1. The van der Waals surface area contributed by atoms with E-state index in [4.69, 9.17) is 0 Å². The van der Waals surface area contributed by atoms with E-state index in [0.29, 0.717) is 16.2 Å². The number of H-pyrrole nitrogens is 1. The topological polar surface area (TPSA) is 58.6 Å². The maximum absolute atomic E-state index is 11.9. The van der Waals surface area contributed by atoms with Crippen LogP contribution in [-0.4, -0.2) is 15.0 Å². The summed E-state index contributed by atoms with van der Waals surface area (Å²) in [7, 11) is 0. The molecule has 0 spiro atoms. The molecule has 0 radical (unpaired) electrons. The van der Waals surface area contributed by atoms with Crippen LogP contribution in [0.4, 0.5) is 0 Å². The van der Waals surface area contributed by atoms with Gasteiger partial charge in [-0.2, -0.15) is 0 Å². The third-order valence-corrected chi connectivity index (χ3v) is 3.45. The zero-order valence-electron chi connectivity index (χ0n) is 11.1. The number of nitrogens with zero attached hydrogens (tertiary/aromatic N) is 2. The highest BCUT2D eigenvalue weighted by atomic mass is 32.1. The second-order valence-electron chi connectivity index (χ2n) is 3.70. The van der Waals surface area contributed by atoms with Crippen LogP contribution in [0.2, 0.25) is 0 Å². The van der Waals surface area contributed by atoms with Crippen molar-refractivity contribution in [3.05, 3.63) is 45.7 Å². The highest BCUT2D eigenvalue weighted by Gasteiger charge is 2.08. The van der Waals surface area contributed by atoms with Gasteiger partial charge in [0.15, 0.2) is 5.82 Å². The van der Waals surface area contributed by atoms with Crippen molar-refractivity contribution in [2.75, 3.05) is 0 Å². The number of hydrogen-bond donors (Lipinski definition) is 1. The van der Waals surface area contributed by atoms with Crippen LogP contribution in [0.3, 0.4) is 0 Å². The van der Waals surface area contributed by atoms with Gasteiger partial charge in [0.25, 0.3) is 5.56 Å². The second-order valence-corrected chi connectivity index (χ2v) is 4.96. The predicted octanol–water partition coefficient (Wildman–Crippen LogP) is 3.38. The normalized spacial score (nSPS) is 10.1. The number of aromatic amines is 1. The number of hydrogen-bond acceptors (Lipinski definition) is 4. The van der Waals surface area contributed by atoms with Gasteiger partial charge in [0, 0.05) is 11.1 Å². The minimum Gasteiger partial charge on any atom is -0.304 e. The van der Waals surface area contributed by atoms with Crippen LogP contribution in [0.5, 0.6) is 0 Å². The molecular weight excluding hydrogens is 258 g/mol. The largest absolute Gasteiger partial charge is 0.304 e. The molecule has 3 aromatic rings. The smallest absolute Gasteiger partial charge is 0.269 e. The predicted molar refractivity (Wildman–Crippen MR) is 79.6 cm³/mol. The third kappa shape index (κ3) is 2.71. The zero-order chi connectivity index (χ0) is 13.8. The molecule has 0 fully saturated rings. The first-order valence-corrected chi connectivity index (χ1v) is 6.97. The van der Waals surface area contributed by atoms with Gasteiger partial charge in [-0.15, -0.1) is 11.3 Å². The van der Waals surface area contributed by atoms with Gasteiger partial charge in [-0.25, -0.2) is 4.98 Å². The number of aryl methyl sites for hydroxylation is 1. The first-order valence-electron chi connectivity index (χ1n) is 6.16. The van der Waals surface area contributed by atoms with Gasteiger partial charge in [-0.05, 0) is 25.1 Å². The molecule has 3 aromatic heterocycles. The molecule has 1 N–H and O–H groups in total. The Morgan fingerprint density at radius 3 is 2.74 bits per heavy atom. The molecule has 3 rings (SSSR count). The van der Waals surface area contributed by atoms with E-state index in [9.17, 15) is 4.79 Å². The van der Waals surface area contributed by atoms with E-state index in [1.165, 1.54) is 11.3 Å². The number of fused-ring (bicyclic) bond motifs is 1. The van der Waals surface area contributed by atoms with Crippen molar-refractivity contribution in [2.45, 2.75) is 20.8 Å². The van der Waals surface area contributed by atoms with Crippen LogP contribution in [0, 0.1) is 6.92 Å². The molecule has 0 bridgehead atoms. The summed E-state index contributed by atoms with van der Waals surface area (Å²) in [4.78, 5) is 24.3. The molecule has 0 unspecified atom stereocenters. The van der Waals surface area contributed by atoms with Gasteiger partial charge < -0.3 is 4.98 Å². The first-order chi connectivity index (χ1) is 9.24. The summed E-state index contributed by atoms with van der Waals surface area (Å²) in [6.07, 6.45) is 1.68. The van der Waals surface area contributed by atoms with E-state index in [2.05, 4.69) is 15.0 Å². The number of nitrogens with one attached hydrogen (secondary N) is 1. The Morgan fingerprint density at radius 1 is 1.26 bits per heavy atom. The molecule has 0 saturated carbocycles. The lowest BCUT2D eigenvalue weighted by Gasteiger charge is -1.98. The van der Waals surface area contributed by atoms with Crippen molar-refractivity contribution in [3.63, 3.8) is 0 Å². The standard InChI is InChI=1S/C12H9N3OS.C2H6/c1-7-6-9-10(17-7)12(16)15-11(14-9)8-4-2-3-5-13-8;1-2/h2-6H,1H3,(H,14,15,16);1-2H3. The van der Waals surface area contributed by atoms with E-state index >= 15 is 0 Å². The average molecular weight is 273 g/mol. The molecule has 4 nitrogen and oxygen atoms in total. The Bertz CT molecular complexity index is 731. The fourth-order valence-electron chi connectivity index (χ4n) is 1.68. The average Bonchev–Trinajstić information content (AvgIpc) is 2.83. The van der Waals surface area contributed by atoms with E-state index in [1.54, 1.807) is 6.20 Å². The Hall–Kier alpha value is -2.01. The van der Waals surface area contributed by atoms with Crippen LogP contribution in [-0.2, 0) is 0 Å². The molecule has 5 heteroatoms. The van der Waals surface area contributed by atoms with E-state index in [-0.39, 0.29) is 5.56 Å². The Kier molecular flexibility index (Phi) is 4.06. The molecule has 0 aliphatic heterocycles. The van der Waals surface area contributed by atoms with Crippen LogP contribution < -0.4 is 5.56 Å². The number of pyridine rings is 1. The van der Waals surface area contributed by atoms with Crippen molar-refractivity contribution in [2.24, 2.45) is 0 Å². The van der Waals surface area contributed by atoms with Gasteiger partial charge in [0.1, 0.15) is 10.4 Å². The summed E-state index contributed by atoms with van der Waals surface area (Å²) < 4.78 is 0.669. The molecule has 3 heterocycles. The molecule has 0 saturated heterocycles. The van der Waals surface area contributed by atoms with Crippen molar-refractivity contribution in [1.29, 1.82) is 0 Å². The van der Waals surface area contributed by atoms with Gasteiger partial charge in [0.2, 0.25) is 0 Å². The quantitative estimate of drug-likeness (QED) is 0.739. The molecular formula is C14H15N3OS. The second kappa shape index (κ2) is 5.75. The van der Waals surface area contributed by atoms with Gasteiger partial charge >= 0.3 is 0 Å². The Labute approximate surface area is 115 Å². The van der Waals surface area contributed by atoms with Crippen molar-refractivity contribution in [1.82, 2.24) is 15.0 Å². The van der Waals surface area contributed by atoms with Crippen molar-refractivity contribution in [3.8, 4) is 11.5 Å². The summed E-state index contributed by atoms with van der Waals surface area (Å²) in [5.41, 5.74) is 1.31. The number of rotatable bonds is 1. The van der Waals surface area contributed by atoms with E-state index in [1.807, 2.05) is 45.0 Å². The summed E-state index contributed by atoms with van der Waals surface area (Å²) in [5, 5.41) is 0. The molecule has 19 heavy (non-hydrogen) atoms. The van der Waals surface area contributed by atoms with Crippen LogP contribution in [0.25, 0.3) is 21.7 Å². The molecule has 98 valence electrons. The maximum atomic E-state index is 11.9. The summed E-state index contributed by atoms with van der Waals surface area (Å²) in [6.45, 7) is 5.96. The SMILES string of the molecule is CC.Cc1cc2nc(-c3ccccn3)[nH]c(=O)c2s1. The summed E-state index contributed by atoms with van der Waals surface area (Å²) >= 11 is 1.46. The van der Waals surface area contributed by atoms with E-state index < -0.39 is 0 Å². The minimum absolute atomic E-state index is 0.103. The molecule has 0 amide bonds. The monoisotopic (exact) mass is 273 g/mol. The minimum atomic E-state index is -0.103. The fraction of sp³-hybridized carbons (Fsp3) is 0.214. The fourth-order valence-corrected chi connectivity index (χ4v) is 2.53. The lowest BCUT2D eigenvalue weighted by atomic mass is 10.3.